The molecule has 0 spiro atoms. The number of hydrogen-bond donors (Lipinski definition) is 1. The van der Waals surface area contributed by atoms with Gasteiger partial charge in [-0.05, 0) is 62.7 Å². The first-order chi connectivity index (χ1) is 15.2. The van der Waals surface area contributed by atoms with Crippen LogP contribution in [-0.2, 0) is 13.2 Å². The number of benzene rings is 2. The second-order valence-corrected chi connectivity index (χ2v) is 8.94. The van der Waals surface area contributed by atoms with E-state index >= 15 is 0 Å². The summed E-state index contributed by atoms with van der Waals surface area (Å²) >= 11 is 1.65. The summed E-state index contributed by atoms with van der Waals surface area (Å²) in [7, 11) is 1.73. The number of methoxy groups -OCH3 is 1. The van der Waals surface area contributed by atoms with Crippen LogP contribution < -0.4 is 14.8 Å². The third-order valence-electron chi connectivity index (χ3n) is 5.69. The van der Waals surface area contributed by atoms with Crippen molar-refractivity contribution in [1.82, 2.24) is 15.2 Å². The molecule has 1 saturated heterocycles. The number of likely N-dealkylation sites (tertiary alicyclic amines) is 1. The van der Waals surface area contributed by atoms with Crippen molar-refractivity contribution in [3.8, 4) is 11.5 Å². The molecule has 1 atom stereocenters. The van der Waals surface area contributed by atoms with Crippen molar-refractivity contribution in [2.24, 2.45) is 0 Å². The highest BCUT2D eigenvalue weighted by molar-refractivity contribution is 7.09. The minimum Gasteiger partial charge on any atom is -0.497 e. The topological polar surface area (TPSA) is 46.6 Å². The zero-order chi connectivity index (χ0) is 21.5. The number of aromatic nitrogens is 1. The Balaban J connectivity index is 1.31. The van der Waals surface area contributed by atoms with Gasteiger partial charge in [-0.25, -0.2) is 4.98 Å². The van der Waals surface area contributed by atoms with E-state index in [-0.39, 0.29) is 0 Å². The summed E-state index contributed by atoms with van der Waals surface area (Å²) in [6, 6.07) is 16.9. The SMILES string of the molecule is COc1cccc(C(CNCc2csc(COc3ccc(C)cc3)n2)N2CCCC2)c1. The Morgan fingerprint density at radius 1 is 1.10 bits per heavy atom. The van der Waals surface area contributed by atoms with E-state index in [4.69, 9.17) is 14.5 Å². The highest BCUT2D eigenvalue weighted by atomic mass is 32.1. The molecule has 1 fully saturated rings. The molecule has 5 nitrogen and oxygen atoms in total. The van der Waals surface area contributed by atoms with E-state index < -0.39 is 0 Å². The molecule has 1 aliphatic heterocycles. The number of nitrogens with zero attached hydrogens (tertiary/aromatic N) is 2. The summed E-state index contributed by atoms with van der Waals surface area (Å²) in [4.78, 5) is 7.31. The van der Waals surface area contributed by atoms with E-state index in [1.807, 2.05) is 18.2 Å². The molecule has 3 aromatic rings. The molecule has 0 radical (unpaired) electrons. The Kier molecular flexibility index (Phi) is 7.57. The van der Waals surface area contributed by atoms with Crippen molar-refractivity contribution < 1.29 is 9.47 Å². The predicted molar refractivity (Wildman–Crippen MR) is 126 cm³/mol. The van der Waals surface area contributed by atoms with Crippen LogP contribution in [0.2, 0.25) is 0 Å². The van der Waals surface area contributed by atoms with Crippen LogP contribution >= 0.6 is 11.3 Å². The molecule has 1 aromatic heterocycles. The van der Waals surface area contributed by atoms with Gasteiger partial charge < -0.3 is 14.8 Å². The number of ether oxygens (including phenoxy) is 2. The van der Waals surface area contributed by atoms with E-state index in [2.05, 4.69) is 52.9 Å². The van der Waals surface area contributed by atoms with Crippen molar-refractivity contribution >= 4 is 11.3 Å². The quantitative estimate of drug-likeness (QED) is 0.485. The lowest BCUT2D eigenvalue weighted by molar-refractivity contribution is 0.237. The fourth-order valence-corrected chi connectivity index (χ4v) is 4.68. The number of nitrogens with one attached hydrogen (secondary N) is 1. The van der Waals surface area contributed by atoms with Crippen molar-refractivity contribution in [3.05, 3.63) is 75.7 Å². The van der Waals surface area contributed by atoms with Crippen LogP contribution in [0, 0.1) is 6.92 Å². The van der Waals surface area contributed by atoms with Gasteiger partial charge in [0, 0.05) is 24.5 Å². The first-order valence-corrected chi connectivity index (χ1v) is 11.8. The molecule has 2 aromatic carbocycles. The Labute approximate surface area is 189 Å². The Bertz CT molecular complexity index is 951. The lowest BCUT2D eigenvalue weighted by Gasteiger charge is -2.28. The van der Waals surface area contributed by atoms with Gasteiger partial charge in [0.25, 0.3) is 0 Å². The van der Waals surface area contributed by atoms with E-state index in [9.17, 15) is 0 Å². The summed E-state index contributed by atoms with van der Waals surface area (Å²) in [5, 5.41) is 6.75. The Morgan fingerprint density at radius 3 is 2.68 bits per heavy atom. The van der Waals surface area contributed by atoms with Crippen molar-refractivity contribution in [3.63, 3.8) is 0 Å². The summed E-state index contributed by atoms with van der Waals surface area (Å²) in [6.45, 7) is 6.54. The van der Waals surface area contributed by atoms with Gasteiger partial charge in [0.05, 0.1) is 12.8 Å². The third-order valence-corrected chi connectivity index (χ3v) is 6.56. The summed E-state index contributed by atoms with van der Waals surface area (Å²) in [5.41, 5.74) is 3.61. The van der Waals surface area contributed by atoms with Crippen molar-refractivity contribution in [1.29, 1.82) is 0 Å². The van der Waals surface area contributed by atoms with Gasteiger partial charge in [-0.1, -0.05) is 29.8 Å². The lowest BCUT2D eigenvalue weighted by atomic mass is 10.0. The zero-order valence-electron chi connectivity index (χ0n) is 18.3. The van der Waals surface area contributed by atoms with Gasteiger partial charge in [0.2, 0.25) is 0 Å². The molecule has 4 rings (SSSR count). The first-order valence-electron chi connectivity index (χ1n) is 10.9. The van der Waals surface area contributed by atoms with Gasteiger partial charge >= 0.3 is 0 Å². The molecule has 1 N–H and O–H groups in total. The summed E-state index contributed by atoms with van der Waals surface area (Å²) in [6.07, 6.45) is 2.55. The molecule has 0 bridgehead atoms. The fourth-order valence-electron chi connectivity index (χ4n) is 3.97. The molecular formula is C25H31N3O2S. The maximum Gasteiger partial charge on any atom is 0.140 e. The normalized spacial score (nSPS) is 15.2. The predicted octanol–water partition coefficient (Wildman–Crippen LogP) is 4.97. The largest absolute Gasteiger partial charge is 0.497 e. The molecular weight excluding hydrogens is 406 g/mol. The molecule has 1 unspecified atom stereocenters. The van der Waals surface area contributed by atoms with Crippen LogP contribution in [0.15, 0.2) is 53.9 Å². The van der Waals surface area contributed by atoms with E-state index in [1.165, 1.54) is 24.0 Å². The average molecular weight is 438 g/mol. The summed E-state index contributed by atoms with van der Waals surface area (Å²) in [5.74, 6) is 1.80. The minimum atomic E-state index is 0.348. The van der Waals surface area contributed by atoms with Gasteiger partial charge in [-0.3, -0.25) is 4.90 Å². The van der Waals surface area contributed by atoms with Gasteiger partial charge in [0.15, 0.2) is 0 Å². The minimum absolute atomic E-state index is 0.348. The van der Waals surface area contributed by atoms with E-state index in [1.54, 1.807) is 18.4 Å². The highest BCUT2D eigenvalue weighted by Gasteiger charge is 2.23. The molecule has 0 saturated carbocycles. The maximum atomic E-state index is 5.86. The molecule has 0 aliphatic carbocycles. The number of hydrogen-bond acceptors (Lipinski definition) is 6. The smallest absolute Gasteiger partial charge is 0.140 e. The molecule has 2 heterocycles. The first kappa shape index (κ1) is 21.8. The second kappa shape index (κ2) is 10.8. The standard InChI is InChI=1S/C25H31N3O2S/c1-19-8-10-22(11-9-19)30-17-25-27-21(18-31-25)15-26-16-24(28-12-3-4-13-28)20-6-5-7-23(14-20)29-2/h5-11,14,18,24,26H,3-4,12-13,15-17H2,1-2H3. The van der Waals surface area contributed by atoms with Crippen LogP contribution in [0.5, 0.6) is 11.5 Å². The van der Waals surface area contributed by atoms with Crippen LogP contribution in [0.4, 0.5) is 0 Å². The van der Waals surface area contributed by atoms with Crippen LogP contribution in [0.25, 0.3) is 0 Å². The monoisotopic (exact) mass is 437 g/mol. The molecule has 31 heavy (non-hydrogen) atoms. The maximum absolute atomic E-state index is 5.86. The van der Waals surface area contributed by atoms with Crippen LogP contribution in [0.1, 0.15) is 40.7 Å². The van der Waals surface area contributed by atoms with E-state index in [0.717, 1.165) is 48.4 Å². The molecule has 0 amide bonds. The average Bonchev–Trinajstić information content (AvgIpc) is 3.49. The fraction of sp³-hybridized carbons (Fsp3) is 0.400. The Hall–Kier alpha value is -2.41. The van der Waals surface area contributed by atoms with Crippen molar-refractivity contribution in [2.75, 3.05) is 26.7 Å². The summed E-state index contributed by atoms with van der Waals surface area (Å²) < 4.78 is 11.3. The molecule has 6 heteroatoms. The second-order valence-electron chi connectivity index (χ2n) is 8.00. The number of aryl methyl sites for hydroxylation is 1. The van der Waals surface area contributed by atoms with Gasteiger partial charge in [-0.15, -0.1) is 11.3 Å². The van der Waals surface area contributed by atoms with E-state index in [0.29, 0.717) is 12.6 Å². The van der Waals surface area contributed by atoms with Crippen LogP contribution in [-0.4, -0.2) is 36.6 Å². The van der Waals surface area contributed by atoms with Gasteiger partial charge in [-0.2, -0.15) is 0 Å². The number of rotatable bonds is 10. The lowest BCUT2D eigenvalue weighted by Crippen LogP contribution is -2.34. The van der Waals surface area contributed by atoms with Crippen molar-refractivity contribution in [2.45, 2.75) is 39.0 Å². The zero-order valence-corrected chi connectivity index (χ0v) is 19.2. The number of thiazole rings is 1. The Morgan fingerprint density at radius 2 is 1.90 bits per heavy atom. The highest BCUT2D eigenvalue weighted by Crippen LogP contribution is 2.27. The molecule has 164 valence electrons. The molecule has 1 aliphatic rings. The van der Waals surface area contributed by atoms with Crippen LogP contribution in [0.3, 0.4) is 0 Å². The third kappa shape index (κ3) is 6.06. The van der Waals surface area contributed by atoms with Gasteiger partial charge in [0.1, 0.15) is 23.1 Å².